The minimum atomic E-state index is -0.0556. The van der Waals surface area contributed by atoms with E-state index in [1.165, 1.54) is 0 Å². The molecule has 0 atom stereocenters. The van der Waals surface area contributed by atoms with E-state index in [1.807, 2.05) is 54.6 Å². The number of unbranched alkanes of at least 4 members (excludes halogenated alkanes) is 2. The van der Waals surface area contributed by atoms with Gasteiger partial charge in [-0.15, -0.1) is 0 Å². The van der Waals surface area contributed by atoms with Crippen molar-refractivity contribution in [2.24, 2.45) is 4.99 Å². The zero-order valence-corrected chi connectivity index (χ0v) is 14.4. The van der Waals surface area contributed by atoms with Crippen LogP contribution < -0.4 is 10.4 Å². The number of anilines is 2. The third-order valence-electron chi connectivity index (χ3n) is 4.02. The summed E-state index contributed by atoms with van der Waals surface area (Å²) in [7, 11) is 0. The van der Waals surface area contributed by atoms with Crippen molar-refractivity contribution in [2.75, 3.05) is 5.32 Å². The Kier molecular flexibility index (Phi) is 5.62. The Morgan fingerprint density at radius 1 is 1.08 bits per heavy atom. The van der Waals surface area contributed by atoms with Gasteiger partial charge in [-0.05, 0) is 49.1 Å². The average Bonchev–Trinajstić information content (AvgIpc) is 2.63. The molecule has 0 radical (unpaired) electrons. The van der Waals surface area contributed by atoms with Crippen molar-refractivity contribution in [1.82, 2.24) is 4.98 Å². The minimum absolute atomic E-state index is 0.0556. The van der Waals surface area contributed by atoms with Gasteiger partial charge in [0.2, 0.25) is 0 Å². The number of fused-ring (bicyclic) bond motifs is 1. The summed E-state index contributed by atoms with van der Waals surface area (Å²) in [6.45, 7) is 2.12. The molecule has 0 aliphatic heterocycles. The number of rotatable bonds is 7. The molecule has 25 heavy (non-hydrogen) atoms. The topological polar surface area (TPSA) is 60.3 Å². The zero-order valence-electron chi connectivity index (χ0n) is 14.4. The maximum absolute atomic E-state index is 11.9. The Labute approximate surface area is 148 Å². The van der Waals surface area contributed by atoms with Crippen LogP contribution in [0.4, 0.5) is 17.1 Å². The molecule has 3 rings (SSSR count). The summed E-state index contributed by atoms with van der Waals surface area (Å²) in [6.07, 6.45) is 5.38. The quantitative estimate of drug-likeness (QED) is 0.378. The molecule has 4 nitrogen and oxygen atoms in total. The monoisotopic (exact) mass is 332 g/mol. The molecule has 3 aromatic rings. The minimum Gasteiger partial charge on any atom is -0.862 e. The fraction of sp³-hybridized carbons (Fsp3) is 0.238. The fourth-order valence-corrected chi connectivity index (χ4v) is 2.74. The predicted molar refractivity (Wildman–Crippen MR) is 103 cm³/mol. The molecule has 0 saturated carbocycles. The van der Waals surface area contributed by atoms with Crippen molar-refractivity contribution < 1.29 is 5.11 Å². The van der Waals surface area contributed by atoms with Crippen LogP contribution in [0.25, 0.3) is 10.9 Å². The molecule has 0 saturated heterocycles. The van der Waals surface area contributed by atoms with Gasteiger partial charge in [0, 0.05) is 23.0 Å². The molecular weight excluding hydrogens is 310 g/mol. The lowest BCUT2D eigenvalue weighted by molar-refractivity contribution is -0.218. The number of pyridine rings is 1. The van der Waals surface area contributed by atoms with Gasteiger partial charge in [0.15, 0.2) is 0 Å². The highest BCUT2D eigenvalue weighted by molar-refractivity contribution is 5.92. The Balaban J connectivity index is 1.78. The molecular formula is C21H22N3O-. The molecule has 0 spiro atoms. The Hall–Kier alpha value is -2.88. The average molecular weight is 332 g/mol. The first-order chi connectivity index (χ1) is 12.3. The number of nitrogens with one attached hydrogen (secondary N) is 1. The van der Waals surface area contributed by atoms with E-state index in [2.05, 4.69) is 22.2 Å². The van der Waals surface area contributed by atoms with Crippen LogP contribution in [0.3, 0.4) is 0 Å². The second kappa shape index (κ2) is 8.29. The second-order valence-corrected chi connectivity index (χ2v) is 6.01. The Bertz CT molecular complexity index is 868. The summed E-state index contributed by atoms with van der Waals surface area (Å²) >= 11 is 0. The third kappa shape index (κ3) is 4.57. The molecule has 1 aromatic heterocycles. The van der Waals surface area contributed by atoms with Crippen LogP contribution in [0.2, 0.25) is 0 Å². The predicted octanol–water partition coefficient (Wildman–Crippen LogP) is 4.95. The highest BCUT2D eigenvalue weighted by atomic mass is 16.3. The SMILES string of the molecule is CCCCCC([O-])=Nc1cccc(Nc2ccnc3ccccc23)c1. The zero-order chi connectivity index (χ0) is 17.5. The molecule has 0 aliphatic carbocycles. The molecule has 0 amide bonds. The van der Waals surface area contributed by atoms with E-state index in [9.17, 15) is 5.11 Å². The van der Waals surface area contributed by atoms with Crippen LogP contribution in [0.15, 0.2) is 65.8 Å². The van der Waals surface area contributed by atoms with E-state index in [0.717, 1.165) is 41.5 Å². The van der Waals surface area contributed by atoms with Crippen LogP contribution >= 0.6 is 0 Å². The molecule has 0 fully saturated rings. The summed E-state index contributed by atoms with van der Waals surface area (Å²) in [5, 5.41) is 16.4. The van der Waals surface area contributed by atoms with Crippen LogP contribution in [0, 0.1) is 0 Å². The van der Waals surface area contributed by atoms with Gasteiger partial charge in [0.05, 0.1) is 11.2 Å². The van der Waals surface area contributed by atoms with E-state index in [4.69, 9.17) is 0 Å². The van der Waals surface area contributed by atoms with Gasteiger partial charge in [-0.25, -0.2) is 0 Å². The maximum Gasteiger partial charge on any atom is 0.0722 e. The number of para-hydroxylation sites is 1. The van der Waals surface area contributed by atoms with Crippen molar-refractivity contribution in [3.05, 3.63) is 60.8 Å². The highest BCUT2D eigenvalue weighted by Gasteiger charge is 2.02. The van der Waals surface area contributed by atoms with Gasteiger partial charge < -0.3 is 10.4 Å². The van der Waals surface area contributed by atoms with E-state index < -0.39 is 0 Å². The highest BCUT2D eigenvalue weighted by Crippen LogP contribution is 2.26. The van der Waals surface area contributed by atoms with Gasteiger partial charge in [0.1, 0.15) is 0 Å². The van der Waals surface area contributed by atoms with Gasteiger partial charge in [-0.1, -0.05) is 44.0 Å². The number of aliphatic imine (C=N–C) groups is 1. The largest absolute Gasteiger partial charge is 0.862 e. The lowest BCUT2D eigenvalue weighted by atomic mass is 10.2. The fourth-order valence-electron chi connectivity index (χ4n) is 2.74. The van der Waals surface area contributed by atoms with Gasteiger partial charge in [-0.2, -0.15) is 0 Å². The van der Waals surface area contributed by atoms with Crippen LogP contribution in [0.5, 0.6) is 0 Å². The normalized spacial score (nSPS) is 11.6. The van der Waals surface area contributed by atoms with Crippen molar-refractivity contribution in [3.63, 3.8) is 0 Å². The molecule has 4 heteroatoms. The van der Waals surface area contributed by atoms with E-state index in [1.54, 1.807) is 6.20 Å². The summed E-state index contributed by atoms with van der Waals surface area (Å²) in [6, 6.07) is 17.6. The van der Waals surface area contributed by atoms with Crippen molar-refractivity contribution in [1.29, 1.82) is 0 Å². The molecule has 0 unspecified atom stereocenters. The first kappa shape index (κ1) is 17.0. The number of aromatic nitrogens is 1. The van der Waals surface area contributed by atoms with Crippen LogP contribution in [-0.4, -0.2) is 10.9 Å². The van der Waals surface area contributed by atoms with E-state index >= 15 is 0 Å². The van der Waals surface area contributed by atoms with Crippen molar-refractivity contribution in [3.8, 4) is 0 Å². The summed E-state index contributed by atoms with van der Waals surface area (Å²) in [4.78, 5) is 8.58. The molecule has 0 aliphatic rings. The Morgan fingerprint density at radius 3 is 2.84 bits per heavy atom. The lowest BCUT2D eigenvalue weighted by Crippen LogP contribution is -2.16. The number of nitrogens with zero attached hydrogens (tertiary/aromatic N) is 2. The van der Waals surface area contributed by atoms with Gasteiger partial charge in [0.25, 0.3) is 0 Å². The molecule has 1 heterocycles. The molecule has 128 valence electrons. The number of hydrogen-bond donors (Lipinski definition) is 1. The van der Waals surface area contributed by atoms with Crippen LogP contribution in [-0.2, 0) is 0 Å². The maximum atomic E-state index is 11.9. The number of benzene rings is 2. The van der Waals surface area contributed by atoms with Crippen LogP contribution in [0.1, 0.15) is 32.6 Å². The summed E-state index contributed by atoms with van der Waals surface area (Å²) in [5.74, 6) is -0.0556. The molecule has 0 bridgehead atoms. The third-order valence-corrected chi connectivity index (χ3v) is 4.02. The first-order valence-corrected chi connectivity index (χ1v) is 8.71. The first-order valence-electron chi connectivity index (χ1n) is 8.71. The summed E-state index contributed by atoms with van der Waals surface area (Å²) < 4.78 is 0. The molecule has 1 N–H and O–H groups in total. The summed E-state index contributed by atoms with van der Waals surface area (Å²) in [5.41, 5.74) is 3.51. The van der Waals surface area contributed by atoms with Crippen molar-refractivity contribution >= 4 is 33.9 Å². The van der Waals surface area contributed by atoms with Crippen molar-refractivity contribution in [2.45, 2.75) is 32.6 Å². The standard InChI is InChI=1S/C21H23N3O/c1-2-3-4-12-21(25)24-17-9-7-8-16(15-17)23-20-13-14-22-19-11-6-5-10-18(19)20/h5-11,13-15H,2-4,12H2,1H3,(H,22,23)(H,24,25)/p-1. The lowest BCUT2D eigenvalue weighted by Gasteiger charge is -2.12. The molecule has 2 aromatic carbocycles. The van der Waals surface area contributed by atoms with Gasteiger partial charge in [-0.3, -0.25) is 9.98 Å². The Morgan fingerprint density at radius 2 is 1.96 bits per heavy atom. The van der Waals surface area contributed by atoms with E-state index in [0.29, 0.717) is 12.1 Å². The van der Waals surface area contributed by atoms with Gasteiger partial charge >= 0.3 is 0 Å². The van der Waals surface area contributed by atoms with E-state index in [-0.39, 0.29) is 5.90 Å². The number of hydrogen-bond acceptors (Lipinski definition) is 4. The second-order valence-electron chi connectivity index (χ2n) is 6.01. The smallest absolute Gasteiger partial charge is 0.0722 e.